The molecular formula is C60H67Cl2SiZr. The van der Waals surface area contributed by atoms with Crippen molar-refractivity contribution in [1.82, 2.24) is 0 Å². The van der Waals surface area contributed by atoms with E-state index in [2.05, 4.69) is 185 Å². The minimum absolute atomic E-state index is 0.0989. The van der Waals surface area contributed by atoms with Crippen LogP contribution >= 0.6 is 17.0 Å². The fourth-order valence-corrected chi connectivity index (χ4v) is 40.5. The molecule has 9 rings (SSSR count). The monoisotopic (exact) mass is 975 g/mol. The van der Waals surface area contributed by atoms with Gasteiger partial charge in [0.25, 0.3) is 0 Å². The van der Waals surface area contributed by atoms with Crippen molar-refractivity contribution in [2.24, 2.45) is 11.8 Å². The van der Waals surface area contributed by atoms with Gasteiger partial charge < -0.3 is 0 Å². The Kier molecular flexibility index (Phi) is 12.6. The third kappa shape index (κ3) is 7.79. The van der Waals surface area contributed by atoms with Crippen molar-refractivity contribution in [3.63, 3.8) is 0 Å². The Balaban J connectivity index is 1.41. The van der Waals surface area contributed by atoms with E-state index in [1.807, 2.05) is 0 Å². The molecule has 2 aliphatic carbocycles. The van der Waals surface area contributed by atoms with E-state index in [9.17, 15) is 17.0 Å². The van der Waals surface area contributed by atoms with Gasteiger partial charge in [0, 0.05) is 0 Å². The number of aryl methyl sites for hydroxylation is 6. The second-order valence-electron chi connectivity index (χ2n) is 20.8. The number of hydrogen-bond acceptors (Lipinski definition) is 0. The average molecular weight is 978 g/mol. The summed E-state index contributed by atoms with van der Waals surface area (Å²) < 4.78 is 1.12. The van der Waals surface area contributed by atoms with Crippen molar-refractivity contribution < 1.29 is 16.4 Å². The number of fused-ring (bicyclic) bond motifs is 5. The maximum atomic E-state index is 9.59. The molecule has 2 atom stereocenters. The zero-order valence-corrected chi connectivity index (χ0v) is 45.4. The molecule has 0 radical (unpaired) electrons. The van der Waals surface area contributed by atoms with Gasteiger partial charge in [0.1, 0.15) is 0 Å². The molecule has 6 aromatic carbocycles. The first kappa shape index (κ1) is 45.6. The van der Waals surface area contributed by atoms with E-state index in [1.54, 1.807) is 0 Å². The average Bonchev–Trinajstić information content (AvgIpc) is 3.91. The molecule has 0 bridgehead atoms. The topological polar surface area (TPSA) is 0 Å². The SMILES string of the molecule is CCCc1ccc2c(c1-c1cc(C)cc(C)c1)C=C(CC(C)C)[CH]2[Zr]([Cl])([Cl])([c]1cccc2c1[SiH2]c1ccccc1-2)[CH]1C(CC(C)C)=Cc2c1ccc(CCC)c2-c1cc(C)cc(C)c1. The molecule has 0 nitrogen and oxygen atoms in total. The van der Waals surface area contributed by atoms with Crippen LogP contribution in [-0.2, 0) is 29.2 Å². The Morgan fingerprint density at radius 2 is 1.00 bits per heavy atom. The number of benzene rings is 6. The van der Waals surface area contributed by atoms with Crippen molar-refractivity contribution >= 4 is 52.3 Å². The summed E-state index contributed by atoms with van der Waals surface area (Å²) in [7, 11) is 18.3. The second-order valence-corrected chi connectivity index (χ2v) is 43.2. The molecule has 0 amide bonds. The summed E-state index contributed by atoms with van der Waals surface area (Å²) in [4.78, 5) is 0. The molecule has 1 aliphatic heterocycles. The van der Waals surface area contributed by atoms with E-state index >= 15 is 0 Å². The van der Waals surface area contributed by atoms with Gasteiger partial charge in [-0.25, -0.2) is 0 Å². The molecule has 0 fully saturated rings. The zero-order chi connectivity index (χ0) is 45.3. The molecule has 0 aromatic heterocycles. The Bertz CT molecular complexity index is 2710. The van der Waals surface area contributed by atoms with Crippen LogP contribution in [0.25, 0.3) is 45.5 Å². The fraction of sp³-hybridized carbons (Fsp3) is 0.333. The molecule has 64 heavy (non-hydrogen) atoms. The van der Waals surface area contributed by atoms with Crippen molar-refractivity contribution in [3.8, 4) is 33.4 Å². The summed E-state index contributed by atoms with van der Waals surface area (Å²) in [6.07, 6.45) is 11.3. The fourth-order valence-electron chi connectivity index (χ4n) is 12.6. The van der Waals surface area contributed by atoms with Gasteiger partial charge in [0.2, 0.25) is 0 Å². The van der Waals surface area contributed by atoms with E-state index in [-0.39, 0.29) is 7.25 Å². The first-order chi connectivity index (χ1) is 30.6. The first-order valence-corrected chi connectivity index (χ1v) is 36.1. The van der Waals surface area contributed by atoms with Gasteiger partial charge >= 0.3 is 399 Å². The van der Waals surface area contributed by atoms with Crippen LogP contribution in [0.2, 0.25) is 0 Å². The molecule has 4 heteroatoms. The van der Waals surface area contributed by atoms with Crippen molar-refractivity contribution in [2.75, 3.05) is 0 Å². The molecule has 6 aromatic rings. The Labute approximate surface area is 395 Å². The Morgan fingerprint density at radius 1 is 0.547 bits per heavy atom. The van der Waals surface area contributed by atoms with E-state index in [1.165, 1.54) is 114 Å². The number of hydrogen-bond donors (Lipinski definition) is 0. The molecule has 2 unspecified atom stereocenters. The summed E-state index contributed by atoms with van der Waals surface area (Å²) in [6, 6.07) is 40.4. The molecule has 0 N–H and O–H groups in total. The Hall–Kier alpha value is -3.52. The van der Waals surface area contributed by atoms with Crippen LogP contribution in [-0.4, -0.2) is 9.52 Å². The number of rotatable bonds is 13. The summed E-state index contributed by atoms with van der Waals surface area (Å²) in [5, 5.41) is 3.00. The molecule has 3 aliphatic rings. The van der Waals surface area contributed by atoms with Gasteiger partial charge in [-0.3, -0.25) is 0 Å². The van der Waals surface area contributed by atoms with Gasteiger partial charge in [0.15, 0.2) is 0 Å². The van der Waals surface area contributed by atoms with Crippen molar-refractivity contribution in [1.29, 1.82) is 0 Å². The first-order valence-electron chi connectivity index (χ1n) is 24.3. The normalized spacial score (nSPS) is 17.3. The van der Waals surface area contributed by atoms with E-state index in [0.29, 0.717) is 11.8 Å². The van der Waals surface area contributed by atoms with E-state index < -0.39 is 25.9 Å². The predicted octanol–water partition coefficient (Wildman–Crippen LogP) is 15.3. The van der Waals surface area contributed by atoms with Crippen molar-refractivity contribution in [2.45, 2.75) is 115 Å². The van der Waals surface area contributed by atoms with Gasteiger partial charge in [-0.05, 0) is 0 Å². The third-order valence-corrected chi connectivity index (χ3v) is 37.3. The number of halogens is 2. The summed E-state index contributed by atoms with van der Waals surface area (Å²) in [5.74, 6) is 0.870. The van der Waals surface area contributed by atoms with Crippen LogP contribution in [0, 0.1) is 39.5 Å². The van der Waals surface area contributed by atoms with Crippen molar-refractivity contribution in [3.05, 3.63) is 170 Å². The van der Waals surface area contributed by atoms with Gasteiger partial charge in [0.05, 0.1) is 0 Å². The molecular weight excluding hydrogens is 911 g/mol. The van der Waals surface area contributed by atoms with E-state index in [4.69, 9.17) is 0 Å². The summed E-state index contributed by atoms with van der Waals surface area (Å²) >= 11 is -5.75. The molecule has 0 spiro atoms. The molecule has 0 saturated carbocycles. The van der Waals surface area contributed by atoms with Crippen LogP contribution in [0.4, 0.5) is 0 Å². The zero-order valence-electron chi connectivity index (χ0n) is 40.0. The predicted molar refractivity (Wildman–Crippen MR) is 282 cm³/mol. The minimum atomic E-state index is -5.75. The standard InChI is InChI=1S/2C24H29.C12H9Si.2ClH.Zr/c2*1-6-7-20-8-9-21-14-19(10-16(2)3)15-23(21)24(20)22-12-17(4)11-18(5)13-22;1-3-7-11-9(5-1)10-6-2-4-8-12(10)13-11;;;/h2*8-9,11-16H,6-7,10H2,1-5H3;1-7H,13H2;2*1H;/q;;;;;+2/p-2. The summed E-state index contributed by atoms with van der Waals surface area (Å²) in [6.45, 7) is 23.1. The van der Waals surface area contributed by atoms with Gasteiger partial charge in [-0.2, -0.15) is 0 Å². The maximum absolute atomic E-state index is 9.59. The van der Waals surface area contributed by atoms with Crippen LogP contribution in [0.15, 0.2) is 114 Å². The van der Waals surface area contributed by atoms with Gasteiger partial charge in [-0.15, -0.1) is 0 Å². The molecule has 1 heterocycles. The summed E-state index contributed by atoms with van der Waals surface area (Å²) in [5.41, 5.74) is 24.5. The second kappa shape index (κ2) is 17.6. The van der Waals surface area contributed by atoms with Crippen LogP contribution in [0.5, 0.6) is 0 Å². The molecule has 329 valence electrons. The Morgan fingerprint density at radius 3 is 1.45 bits per heavy atom. The van der Waals surface area contributed by atoms with Crippen LogP contribution < -0.4 is 13.6 Å². The third-order valence-electron chi connectivity index (χ3n) is 14.5. The number of allylic oxidation sites excluding steroid dienone is 2. The van der Waals surface area contributed by atoms with Gasteiger partial charge in [-0.1, -0.05) is 0 Å². The van der Waals surface area contributed by atoms with Crippen LogP contribution in [0.3, 0.4) is 0 Å². The molecule has 0 saturated heterocycles. The van der Waals surface area contributed by atoms with E-state index in [0.717, 1.165) is 38.5 Å². The van der Waals surface area contributed by atoms with Crippen LogP contribution in [0.1, 0.15) is 130 Å². The quantitative estimate of drug-likeness (QED) is 0.101.